The smallest absolute Gasteiger partial charge is 0.184 e. The molecule has 3 aromatic rings. The van der Waals surface area contributed by atoms with Crippen molar-refractivity contribution in [2.45, 2.75) is 6.92 Å². The molecule has 5 nitrogen and oxygen atoms in total. The lowest BCUT2D eigenvalue weighted by molar-refractivity contribution is 0.138. The normalized spacial score (nSPS) is 14.9. The summed E-state index contributed by atoms with van der Waals surface area (Å²) in [6, 6.07) is 20.0. The highest BCUT2D eigenvalue weighted by atomic mass is 32.1. The number of nitrogens with zero attached hydrogens (tertiary/aromatic N) is 3. The lowest BCUT2D eigenvalue weighted by Crippen LogP contribution is -2.51. The molecule has 0 amide bonds. The average molecular weight is 377 g/mol. The molecule has 0 spiro atoms. The van der Waals surface area contributed by atoms with E-state index in [4.69, 9.17) is 21.5 Å². The first-order valence-electron chi connectivity index (χ1n) is 8.65. The second-order valence-corrected chi connectivity index (χ2v) is 6.53. The average Bonchev–Trinajstić information content (AvgIpc) is 3.08. The lowest BCUT2D eigenvalue weighted by atomic mass is 10.2. The van der Waals surface area contributed by atoms with Gasteiger partial charge in [-0.05, 0) is 42.9 Å². The predicted octanol–water partition coefficient (Wildman–Crippen LogP) is 4.70. The van der Waals surface area contributed by atoms with E-state index in [9.17, 15) is 0 Å². The van der Waals surface area contributed by atoms with E-state index in [1.54, 1.807) is 0 Å². The number of aromatic nitrogens is 1. The first-order valence-corrected chi connectivity index (χ1v) is 9.06. The third-order valence-electron chi connectivity index (χ3n) is 4.32. The third kappa shape index (κ3) is 3.63. The Hall–Kier alpha value is -2.96. The van der Waals surface area contributed by atoms with Gasteiger partial charge in [-0.3, -0.25) is 9.80 Å². The molecule has 1 aromatic heterocycles. The highest BCUT2D eigenvalue weighted by molar-refractivity contribution is 7.80. The Labute approximate surface area is 163 Å². The van der Waals surface area contributed by atoms with Gasteiger partial charge >= 0.3 is 0 Å². The third-order valence-corrected chi connectivity index (χ3v) is 4.76. The molecule has 0 aliphatic carbocycles. The Kier molecular flexibility index (Phi) is 5.00. The Balaban J connectivity index is 1.64. The summed E-state index contributed by atoms with van der Waals surface area (Å²) in [5, 5.41) is 4.79. The van der Waals surface area contributed by atoms with Crippen molar-refractivity contribution in [1.82, 2.24) is 5.16 Å². The Morgan fingerprint density at radius 3 is 2.33 bits per heavy atom. The van der Waals surface area contributed by atoms with Gasteiger partial charge in [0, 0.05) is 5.69 Å². The molecule has 0 N–H and O–H groups in total. The van der Waals surface area contributed by atoms with Crippen LogP contribution in [-0.4, -0.2) is 23.7 Å². The van der Waals surface area contributed by atoms with Gasteiger partial charge < -0.3 is 9.26 Å². The Morgan fingerprint density at radius 1 is 0.926 bits per heavy atom. The summed E-state index contributed by atoms with van der Waals surface area (Å²) in [7, 11) is 0. The number of hydrogen-bond acceptors (Lipinski definition) is 4. The number of para-hydroxylation sites is 1. The fourth-order valence-electron chi connectivity index (χ4n) is 2.99. The number of hydrogen-bond donors (Lipinski definition) is 0. The molecule has 2 heterocycles. The molecule has 27 heavy (non-hydrogen) atoms. The maximum Gasteiger partial charge on any atom is 0.184 e. The van der Waals surface area contributed by atoms with Crippen LogP contribution < -0.4 is 9.80 Å². The van der Waals surface area contributed by atoms with E-state index in [1.165, 1.54) is 0 Å². The zero-order valence-electron chi connectivity index (χ0n) is 14.9. The van der Waals surface area contributed by atoms with Gasteiger partial charge in [0.25, 0.3) is 0 Å². The topological polar surface area (TPSA) is 41.7 Å². The molecule has 2 aromatic carbocycles. The molecule has 1 aliphatic heterocycles. The van der Waals surface area contributed by atoms with E-state index in [0.29, 0.717) is 24.3 Å². The van der Waals surface area contributed by atoms with Crippen LogP contribution in [0.25, 0.3) is 12.2 Å². The van der Waals surface area contributed by atoms with Crippen LogP contribution in [0.3, 0.4) is 0 Å². The van der Waals surface area contributed by atoms with Crippen LogP contribution >= 0.6 is 12.2 Å². The molecule has 1 fully saturated rings. The molecule has 4 rings (SSSR count). The van der Waals surface area contributed by atoms with E-state index >= 15 is 0 Å². The molecular formula is C21H19N3O2S. The second kappa shape index (κ2) is 7.73. The molecule has 0 bridgehead atoms. The van der Waals surface area contributed by atoms with E-state index in [0.717, 1.165) is 22.6 Å². The predicted molar refractivity (Wildman–Crippen MR) is 111 cm³/mol. The van der Waals surface area contributed by atoms with Gasteiger partial charge in [0.2, 0.25) is 0 Å². The van der Waals surface area contributed by atoms with Crippen molar-refractivity contribution in [3.8, 4) is 0 Å². The molecule has 0 atom stereocenters. The monoisotopic (exact) mass is 377 g/mol. The van der Waals surface area contributed by atoms with E-state index in [1.807, 2.05) is 89.5 Å². The summed E-state index contributed by atoms with van der Waals surface area (Å²) >= 11 is 5.75. The van der Waals surface area contributed by atoms with E-state index in [2.05, 4.69) is 5.16 Å². The summed E-state index contributed by atoms with van der Waals surface area (Å²) in [5.74, 6) is 0.650. The van der Waals surface area contributed by atoms with Crippen LogP contribution in [0.4, 0.5) is 11.4 Å². The van der Waals surface area contributed by atoms with Crippen LogP contribution in [0, 0.1) is 6.92 Å². The molecule has 0 radical (unpaired) electrons. The molecule has 1 aliphatic rings. The Bertz CT molecular complexity index is 954. The maximum atomic E-state index is 5.79. The van der Waals surface area contributed by atoms with Gasteiger partial charge in [-0.25, -0.2) is 0 Å². The molecule has 6 heteroatoms. The summed E-state index contributed by atoms with van der Waals surface area (Å²) in [5.41, 5.74) is 3.67. The van der Waals surface area contributed by atoms with Crippen molar-refractivity contribution in [1.29, 1.82) is 0 Å². The van der Waals surface area contributed by atoms with Crippen molar-refractivity contribution in [2.75, 3.05) is 23.3 Å². The number of ether oxygens (including phenoxy) is 1. The van der Waals surface area contributed by atoms with E-state index < -0.39 is 0 Å². The fourth-order valence-corrected chi connectivity index (χ4v) is 3.29. The first-order chi connectivity index (χ1) is 13.2. The zero-order chi connectivity index (χ0) is 18.6. The molecule has 1 saturated heterocycles. The summed E-state index contributed by atoms with van der Waals surface area (Å²) in [6.45, 7) is 2.68. The van der Waals surface area contributed by atoms with Gasteiger partial charge in [-0.2, -0.15) is 0 Å². The number of aryl methyl sites for hydroxylation is 1. The number of thiocarbonyl (C=S) groups is 1. The highest BCUT2D eigenvalue weighted by Gasteiger charge is 2.29. The van der Waals surface area contributed by atoms with Gasteiger partial charge in [-0.15, -0.1) is 0 Å². The minimum absolute atomic E-state index is 0.358. The second-order valence-electron chi connectivity index (χ2n) is 6.16. The SMILES string of the molecule is Cc1noc(/C=C/c2ccccc2)c1N1COCN(c2ccccc2)C1=S. The molecule has 136 valence electrons. The van der Waals surface area contributed by atoms with Gasteiger partial charge in [0.05, 0.1) is 0 Å². The van der Waals surface area contributed by atoms with Gasteiger partial charge in [-0.1, -0.05) is 59.8 Å². The molecule has 0 saturated carbocycles. The zero-order valence-corrected chi connectivity index (χ0v) is 15.7. The summed E-state index contributed by atoms with van der Waals surface area (Å²) in [4.78, 5) is 3.87. The van der Waals surface area contributed by atoms with Crippen LogP contribution in [0.5, 0.6) is 0 Å². The van der Waals surface area contributed by atoms with Crippen molar-refractivity contribution in [2.24, 2.45) is 0 Å². The standard InChI is InChI=1S/C21H19N3O2S/c1-16-20(19(26-22-16)13-12-17-8-4-2-5-9-17)24-15-25-14-23(21(24)27)18-10-6-3-7-11-18/h2-13H,14-15H2,1H3/b13-12+. The largest absolute Gasteiger partial charge is 0.354 e. The summed E-state index contributed by atoms with van der Waals surface area (Å²) in [6.07, 6.45) is 3.90. The quantitative estimate of drug-likeness (QED) is 0.614. The lowest BCUT2D eigenvalue weighted by Gasteiger charge is -2.37. The van der Waals surface area contributed by atoms with Gasteiger partial charge in [0.15, 0.2) is 10.9 Å². The van der Waals surface area contributed by atoms with Crippen molar-refractivity contribution < 1.29 is 9.26 Å². The van der Waals surface area contributed by atoms with Crippen LogP contribution in [0.1, 0.15) is 17.0 Å². The van der Waals surface area contributed by atoms with Crippen molar-refractivity contribution >= 4 is 40.9 Å². The first kappa shape index (κ1) is 17.5. The van der Waals surface area contributed by atoms with Crippen LogP contribution in [0.15, 0.2) is 65.2 Å². The number of rotatable bonds is 4. The molecule has 0 unspecified atom stereocenters. The number of anilines is 2. The van der Waals surface area contributed by atoms with E-state index in [-0.39, 0.29) is 0 Å². The minimum atomic E-state index is 0.358. The molecular weight excluding hydrogens is 358 g/mol. The summed E-state index contributed by atoms with van der Waals surface area (Å²) < 4.78 is 11.3. The Morgan fingerprint density at radius 2 is 1.59 bits per heavy atom. The minimum Gasteiger partial charge on any atom is -0.354 e. The van der Waals surface area contributed by atoms with Gasteiger partial charge in [0.1, 0.15) is 24.8 Å². The van der Waals surface area contributed by atoms with Crippen LogP contribution in [0.2, 0.25) is 0 Å². The number of benzene rings is 2. The van der Waals surface area contributed by atoms with Crippen LogP contribution in [-0.2, 0) is 4.74 Å². The maximum absolute atomic E-state index is 5.79. The highest BCUT2D eigenvalue weighted by Crippen LogP contribution is 2.30. The van der Waals surface area contributed by atoms with Crippen molar-refractivity contribution in [3.63, 3.8) is 0 Å². The fraction of sp³-hybridized carbons (Fsp3) is 0.143. The van der Waals surface area contributed by atoms with Crippen molar-refractivity contribution in [3.05, 3.63) is 77.7 Å².